The van der Waals surface area contributed by atoms with Crippen LogP contribution in [0.5, 0.6) is 0 Å². The first-order valence-electron chi connectivity index (χ1n) is 7.34. The highest BCUT2D eigenvalue weighted by Crippen LogP contribution is 2.31. The zero-order valence-corrected chi connectivity index (χ0v) is 12.7. The summed E-state index contributed by atoms with van der Waals surface area (Å²) in [6, 6.07) is 6.37. The van der Waals surface area contributed by atoms with Crippen LogP contribution in [0.3, 0.4) is 0 Å². The van der Waals surface area contributed by atoms with Crippen LogP contribution in [0.25, 0.3) is 11.3 Å². The molecule has 0 amide bonds. The molecule has 4 heteroatoms. The Morgan fingerprint density at radius 1 is 1.33 bits per heavy atom. The van der Waals surface area contributed by atoms with E-state index in [0.717, 1.165) is 29.2 Å². The van der Waals surface area contributed by atoms with Crippen molar-refractivity contribution in [2.24, 2.45) is 5.92 Å². The summed E-state index contributed by atoms with van der Waals surface area (Å²) < 4.78 is 2.08. The third kappa shape index (κ3) is 2.35. The molecule has 0 radical (unpaired) electrons. The lowest BCUT2D eigenvalue weighted by Crippen LogP contribution is -2.27. The Bertz CT molecular complexity index is 716. The highest BCUT2D eigenvalue weighted by Gasteiger charge is 2.27. The van der Waals surface area contributed by atoms with Gasteiger partial charge >= 0.3 is 5.97 Å². The van der Waals surface area contributed by atoms with Crippen LogP contribution in [-0.4, -0.2) is 20.6 Å². The quantitative estimate of drug-likeness (QED) is 0.921. The molecule has 1 unspecified atom stereocenters. The van der Waals surface area contributed by atoms with Gasteiger partial charge in [0, 0.05) is 24.2 Å². The van der Waals surface area contributed by atoms with Gasteiger partial charge in [0.15, 0.2) is 0 Å². The molecule has 0 fully saturated rings. The van der Waals surface area contributed by atoms with Crippen LogP contribution in [0.4, 0.5) is 0 Å². The predicted octanol–water partition coefficient (Wildman–Crippen LogP) is 3.12. The summed E-state index contributed by atoms with van der Waals surface area (Å²) in [5, 5.41) is 9.23. The number of imidazole rings is 1. The normalized spacial score (nSPS) is 17.6. The first-order valence-corrected chi connectivity index (χ1v) is 7.34. The fourth-order valence-corrected chi connectivity index (χ4v) is 3.09. The standard InChI is InChI=1S/C17H20N2O2/c1-10-4-5-11(2)14(8-10)16-12(3)19-9-13(17(20)21)6-7-15(19)18-16/h4-5,8,13H,6-7,9H2,1-3H3,(H,20,21). The highest BCUT2D eigenvalue weighted by atomic mass is 16.4. The Morgan fingerprint density at radius 2 is 2.10 bits per heavy atom. The van der Waals surface area contributed by atoms with Crippen molar-refractivity contribution in [2.75, 3.05) is 0 Å². The minimum Gasteiger partial charge on any atom is -0.481 e. The number of hydrogen-bond donors (Lipinski definition) is 1. The smallest absolute Gasteiger partial charge is 0.308 e. The number of benzene rings is 1. The first kappa shape index (κ1) is 13.9. The fraction of sp³-hybridized carbons (Fsp3) is 0.412. The van der Waals surface area contributed by atoms with Crippen LogP contribution in [0.1, 0.15) is 29.1 Å². The van der Waals surface area contributed by atoms with Gasteiger partial charge in [0.25, 0.3) is 0 Å². The van der Waals surface area contributed by atoms with Crippen molar-refractivity contribution in [2.45, 2.75) is 40.2 Å². The molecule has 0 spiro atoms. The van der Waals surface area contributed by atoms with Crippen LogP contribution >= 0.6 is 0 Å². The highest BCUT2D eigenvalue weighted by molar-refractivity contribution is 5.71. The van der Waals surface area contributed by atoms with E-state index >= 15 is 0 Å². The summed E-state index contributed by atoms with van der Waals surface area (Å²) in [7, 11) is 0. The number of carbonyl (C=O) groups is 1. The third-order valence-electron chi connectivity index (χ3n) is 4.42. The van der Waals surface area contributed by atoms with Gasteiger partial charge in [-0.05, 0) is 38.8 Å². The SMILES string of the molecule is Cc1ccc(C)c(-c2nc3n(c2C)CC(C(=O)O)CC3)c1. The van der Waals surface area contributed by atoms with Crippen LogP contribution in [-0.2, 0) is 17.8 Å². The summed E-state index contributed by atoms with van der Waals surface area (Å²) in [5.74, 6) is 0.0137. The summed E-state index contributed by atoms with van der Waals surface area (Å²) in [5.41, 5.74) is 5.64. The van der Waals surface area contributed by atoms with E-state index < -0.39 is 5.97 Å². The Morgan fingerprint density at radius 3 is 2.81 bits per heavy atom. The van der Waals surface area contributed by atoms with Gasteiger partial charge in [-0.3, -0.25) is 4.79 Å². The van der Waals surface area contributed by atoms with Gasteiger partial charge in [-0.1, -0.05) is 17.7 Å². The molecule has 1 atom stereocenters. The van der Waals surface area contributed by atoms with Crippen LogP contribution < -0.4 is 0 Å². The molecule has 2 aromatic rings. The maximum absolute atomic E-state index is 11.2. The van der Waals surface area contributed by atoms with Gasteiger partial charge in [0.05, 0.1) is 11.6 Å². The van der Waals surface area contributed by atoms with E-state index in [4.69, 9.17) is 4.98 Å². The number of aromatic nitrogens is 2. The van der Waals surface area contributed by atoms with Crippen molar-refractivity contribution >= 4 is 5.97 Å². The molecule has 2 heterocycles. The van der Waals surface area contributed by atoms with Gasteiger partial charge in [0.1, 0.15) is 5.82 Å². The van der Waals surface area contributed by atoms with Crippen LogP contribution in [0.15, 0.2) is 18.2 Å². The molecule has 1 N–H and O–H groups in total. The number of fused-ring (bicyclic) bond motifs is 1. The second kappa shape index (κ2) is 5.02. The maximum Gasteiger partial charge on any atom is 0.308 e. The second-order valence-electron chi connectivity index (χ2n) is 5.96. The summed E-state index contributed by atoms with van der Waals surface area (Å²) in [4.78, 5) is 16.0. The first-order chi connectivity index (χ1) is 9.97. The molecule has 21 heavy (non-hydrogen) atoms. The lowest BCUT2D eigenvalue weighted by molar-refractivity contribution is -0.142. The van der Waals surface area contributed by atoms with Gasteiger partial charge in [-0.25, -0.2) is 4.98 Å². The number of hydrogen-bond acceptors (Lipinski definition) is 2. The Hall–Kier alpha value is -2.10. The number of rotatable bonds is 2. The fourth-order valence-electron chi connectivity index (χ4n) is 3.09. The number of carboxylic acids is 1. The van der Waals surface area contributed by atoms with Crippen molar-refractivity contribution in [3.63, 3.8) is 0 Å². The molecular formula is C17H20N2O2. The van der Waals surface area contributed by atoms with Gasteiger partial charge in [-0.15, -0.1) is 0 Å². The topological polar surface area (TPSA) is 55.1 Å². The van der Waals surface area contributed by atoms with E-state index in [2.05, 4.69) is 36.6 Å². The van der Waals surface area contributed by atoms with E-state index in [1.165, 1.54) is 11.1 Å². The number of aliphatic carboxylic acids is 1. The lowest BCUT2D eigenvalue weighted by atomic mass is 9.99. The molecule has 110 valence electrons. The van der Waals surface area contributed by atoms with E-state index in [0.29, 0.717) is 13.0 Å². The second-order valence-corrected chi connectivity index (χ2v) is 5.96. The van der Waals surface area contributed by atoms with Crippen molar-refractivity contribution in [1.29, 1.82) is 0 Å². The van der Waals surface area contributed by atoms with Crippen molar-refractivity contribution < 1.29 is 9.90 Å². The Balaban J connectivity index is 2.07. The van der Waals surface area contributed by atoms with E-state index in [9.17, 15) is 9.90 Å². The van der Waals surface area contributed by atoms with Crippen LogP contribution in [0, 0.1) is 26.7 Å². The molecule has 0 saturated heterocycles. The number of aryl methyl sites for hydroxylation is 3. The predicted molar refractivity (Wildman–Crippen MR) is 81.3 cm³/mol. The third-order valence-corrected chi connectivity index (χ3v) is 4.42. The maximum atomic E-state index is 11.2. The molecule has 0 aliphatic carbocycles. The van der Waals surface area contributed by atoms with Gasteiger partial charge in [0.2, 0.25) is 0 Å². The number of carboxylic acid groups (broad SMARTS) is 1. The zero-order valence-electron chi connectivity index (χ0n) is 12.7. The molecule has 1 aromatic heterocycles. The molecule has 1 aliphatic heterocycles. The summed E-state index contributed by atoms with van der Waals surface area (Å²) in [6.07, 6.45) is 1.42. The van der Waals surface area contributed by atoms with Gasteiger partial charge in [-0.2, -0.15) is 0 Å². The van der Waals surface area contributed by atoms with Crippen molar-refractivity contribution in [3.8, 4) is 11.3 Å². The average molecular weight is 284 g/mol. The largest absolute Gasteiger partial charge is 0.481 e. The van der Waals surface area contributed by atoms with Gasteiger partial charge < -0.3 is 9.67 Å². The average Bonchev–Trinajstić information content (AvgIpc) is 2.78. The molecule has 1 aliphatic rings. The van der Waals surface area contributed by atoms with Crippen molar-refractivity contribution in [1.82, 2.24) is 9.55 Å². The minimum absolute atomic E-state index is 0.295. The zero-order chi connectivity index (χ0) is 15.1. The molecule has 0 bridgehead atoms. The molecule has 4 nitrogen and oxygen atoms in total. The van der Waals surface area contributed by atoms with E-state index in [-0.39, 0.29) is 5.92 Å². The van der Waals surface area contributed by atoms with E-state index in [1.54, 1.807) is 0 Å². The molecular weight excluding hydrogens is 264 g/mol. The summed E-state index contributed by atoms with van der Waals surface area (Å²) >= 11 is 0. The Kier molecular flexibility index (Phi) is 3.32. The number of nitrogens with zero attached hydrogens (tertiary/aromatic N) is 2. The molecule has 0 saturated carbocycles. The summed E-state index contributed by atoms with van der Waals surface area (Å²) in [6.45, 7) is 6.74. The molecule has 3 rings (SSSR count). The van der Waals surface area contributed by atoms with E-state index in [1.807, 2.05) is 6.92 Å². The minimum atomic E-state index is -0.706. The lowest BCUT2D eigenvalue weighted by Gasteiger charge is -2.21. The van der Waals surface area contributed by atoms with Crippen molar-refractivity contribution in [3.05, 3.63) is 40.8 Å². The monoisotopic (exact) mass is 284 g/mol. The Labute approximate surface area is 124 Å². The molecule has 1 aromatic carbocycles. The van der Waals surface area contributed by atoms with Crippen LogP contribution in [0.2, 0.25) is 0 Å².